The van der Waals surface area contributed by atoms with E-state index in [1.165, 1.54) is 11.0 Å². The van der Waals surface area contributed by atoms with Crippen LogP contribution in [0.25, 0.3) is 0 Å². The monoisotopic (exact) mass is 612 g/mol. The molecule has 1 aromatic heterocycles. The standard InChI is InChI=1S/C26H33ClN4O7S2/c1-3-18-20(31-12-13-38-16-24(31)32)7-4-8-22(18)40(35,36)29-19(14-28-25(33)21-9-10-23(27)39-21)26(34)30-11-5-6-17(30)15-37-2/h4,7-10,17,19,29H,3,5-6,11-16H2,1-2H3,(H,28,33)/t17-,19+/m1/s1. The van der Waals surface area contributed by atoms with Gasteiger partial charge in [0.15, 0.2) is 0 Å². The van der Waals surface area contributed by atoms with Crippen molar-refractivity contribution < 1.29 is 32.3 Å². The highest BCUT2D eigenvalue weighted by Crippen LogP contribution is 2.29. The van der Waals surface area contributed by atoms with Crippen LogP contribution in [0.15, 0.2) is 35.2 Å². The van der Waals surface area contributed by atoms with Crippen LogP contribution in [0.4, 0.5) is 5.69 Å². The molecule has 2 fully saturated rings. The Morgan fingerprint density at radius 2 is 2.05 bits per heavy atom. The minimum atomic E-state index is -4.26. The lowest BCUT2D eigenvalue weighted by Gasteiger charge is -2.30. The summed E-state index contributed by atoms with van der Waals surface area (Å²) < 4.78 is 41.1. The van der Waals surface area contributed by atoms with Crippen LogP contribution >= 0.6 is 22.9 Å². The fourth-order valence-corrected chi connectivity index (χ4v) is 7.50. The Balaban J connectivity index is 1.63. The van der Waals surface area contributed by atoms with Crippen LogP contribution in [-0.2, 0) is 35.5 Å². The van der Waals surface area contributed by atoms with Crippen molar-refractivity contribution in [1.29, 1.82) is 0 Å². The maximum absolute atomic E-state index is 13.8. The zero-order valence-corrected chi connectivity index (χ0v) is 24.7. The summed E-state index contributed by atoms with van der Waals surface area (Å²) >= 11 is 7.03. The second-order valence-corrected chi connectivity index (χ2v) is 12.9. The van der Waals surface area contributed by atoms with Crippen LogP contribution < -0.4 is 14.9 Å². The average molecular weight is 613 g/mol. The Labute approximate surface area is 242 Å². The SMILES string of the molecule is CCc1c(N2CCOCC2=O)cccc1S(=O)(=O)N[C@@H](CNC(=O)c1ccc(Cl)s1)C(=O)N1CCC[C@@H]1COC. The lowest BCUT2D eigenvalue weighted by Crippen LogP contribution is -2.55. The number of morpholine rings is 1. The molecule has 3 amide bonds. The van der Waals surface area contributed by atoms with Gasteiger partial charge < -0.3 is 24.6 Å². The Morgan fingerprint density at radius 1 is 1.25 bits per heavy atom. The molecular weight excluding hydrogens is 580 g/mol. The van der Waals surface area contributed by atoms with Crippen LogP contribution in [0, 0.1) is 0 Å². The second-order valence-electron chi connectivity index (χ2n) is 9.48. The highest BCUT2D eigenvalue weighted by atomic mass is 35.5. The predicted octanol–water partition coefficient (Wildman–Crippen LogP) is 2.04. The number of hydrogen-bond donors (Lipinski definition) is 2. The smallest absolute Gasteiger partial charge is 0.261 e. The molecule has 0 spiro atoms. The molecule has 2 aliphatic heterocycles. The van der Waals surface area contributed by atoms with Crippen LogP contribution in [0.3, 0.4) is 0 Å². The van der Waals surface area contributed by atoms with Crippen LogP contribution in [0.1, 0.15) is 35.0 Å². The van der Waals surface area contributed by atoms with Gasteiger partial charge in [0, 0.05) is 32.4 Å². The number of hydrogen-bond acceptors (Lipinski definition) is 8. The first kappa shape index (κ1) is 30.4. The molecule has 218 valence electrons. The van der Waals surface area contributed by atoms with Gasteiger partial charge in [-0.25, -0.2) is 8.42 Å². The maximum Gasteiger partial charge on any atom is 0.261 e. The molecule has 0 bridgehead atoms. The van der Waals surface area contributed by atoms with E-state index in [-0.39, 0.29) is 30.0 Å². The van der Waals surface area contributed by atoms with E-state index in [1.54, 1.807) is 43.2 Å². The van der Waals surface area contributed by atoms with E-state index in [4.69, 9.17) is 21.1 Å². The topological polar surface area (TPSA) is 134 Å². The lowest BCUT2D eigenvalue weighted by molar-refractivity contribution is -0.134. The number of methoxy groups -OCH3 is 1. The lowest BCUT2D eigenvalue weighted by atomic mass is 10.1. The number of amides is 3. The molecule has 3 heterocycles. The van der Waals surface area contributed by atoms with Crippen molar-refractivity contribution in [3.8, 4) is 0 Å². The Kier molecular flexibility index (Phi) is 10.2. The number of benzene rings is 1. The van der Waals surface area contributed by atoms with Gasteiger partial charge in [-0.05, 0) is 49.1 Å². The number of anilines is 1. The van der Waals surface area contributed by atoms with Crippen LogP contribution in [0.2, 0.25) is 4.34 Å². The number of nitrogens with zero attached hydrogens (tertiary/aromatic N) is 2. The number of ether oxygens (including phenoxy) is 2. The molecule has 0 unspecified atom stereocenters. The quantitative estimate of drug-likeness (QED) is 0.397. The van der Waals surface area contributed by atoms with Gasteiger partial charge >= 0.3 is 0 Å². The molecule has 2 N–H and O–H groups in total. The van der Waals surface area contributed by atoms with E-state index < -0.39 is 27.9 Å². The summed E-state index contributed by atoms with van der Waals surface area (Å²) in [6, 6.07) is 6.40. The van der Waals surface area contributed by atoms with Gasteiger partial charge in [0.1, 0.15) is 12.6 Å². The number of sulfonamides is 1. The molecule has 0 radical (unpaired) electrons. The van der Waals surface area contributed by atoms with Gasteiger partial charge in [-0.2, -0.15) is 4.72 Å². The summed E-state index contributed by atoms with van der Waals surface area (Å²) in [5.41, 5.74) is 0.941. The van der Waals surface area contributed by atoms with Crippen molar-refractivity contribution in [2.45, 2.75) is 43.2 Å². The molecule has 0 aliphatic carbocycles. The first-order valence-electron chi connectivity index (χ1n) is 13.0. The molecule has 4 rings (SSSR count). The summed E-state index contributed by atoms with van der Waals surface area (Å²) in [4.78, 5) is 42.4. The van der Waals surface area contributed by atoms with E-state index in [2.05, 4.69) is 10.0 Å². The Hall–Kier alpha value is -2.55. The molecular formula is C26H33ClN4O7S2. The van der Waals surface area contributed by atoms with E-state index >= 15 is 0 Å². The normalized spacial score (nSPS) is 18.7. The second kappa shape index (κ2) is 13.4. The molecule has 11 nitrogen and oxygen atoms in total. The van der Waals surface area contributed by atoms with Gasteiger partial charge in [0.2, 0.25) is 15.9 Å². The first-order chi connectivity index (χ1) is 19.2. The number of thiophene rings is 1. The van der Waals surface area contributed by atoms with Crippen molar-refractivity contribution >= 4 is 56.4 Å². The predicted molar refractivity (Wildman–Crippen MR) is 151 cm³/mol. The van der Waals surface area contributed by atoms with Crippen LogP contribution in [-0.4, -0.2) is 89.7 Å². The number of likely N-dealkylation sites (tertiary alicyclic amines) is 1. The number of carbonyl (C=O) groups excluding carboxylic acids is 3. The van der Waals surface area contributed by atoms with E-state index in [1.807, 2.05) is 0 Å². The van der Waals surface area contributed by atoms with Gasteiger partial charge in [-0.15, -0.1) is 11.3 Å². The van der Waals surface area contributed by atoms with E-state index in [9.17, 15) is 22.8 Å². The number of nitrogens with one attached hydrogen (secondary N) is 2. The van der Waals surface area contributed by atoms with Gasteiger partial charge in [-0.1, -0.05) is 24.6 Å². The summed E-state index contributed by atoms with van der Waals surface area (Å²) in [5, 5.41) is 2.68. The summed E-state index contributed by atoms with van der Waals surface area (Å²) in [6.45, 7) is 2.87. The highest BCUT2D eigenvalue weighted by molar-refractivity contribution is 7.89. The fraction of sp³-hybridized carbons (Fsp3) is 0.500. The Morgan fingerprint density at radius 3 is 2.73 bits per heavy atom. The molecule has 40 heavy (non-hydrogen) atoms. The number of rotatable bonds is 11. The zero-order chi connectivity index (χ0) is 28.9. The summed E-state index contributed by atoms with van der Waals surface area (Å²) in [6.07, 6.45) is 1.82. The van der Waals surface area contributed by atoms with Gasteiger partial charge in [0.05, 0.1) is 33.4 Å². The van der Waals surface area contributed by atoms with Crippen molar-refractivity contribution in [2.75, 3.05) is 51.5 Å². The molecule has 2 aliphatic rings. The minimum Gasteiger partial charge on any atom is -0.383 e. The molecule has 0 saturated carbocycles. The largest absolute Gasteiger partial charge is 0.383 e. The highest BCUT2D eigenvalue weighted by Gasteiger charge is 2.36. The van der Waals surface area contributed by atoms with Crippen molar-refractivity contribution in [2.24, 2.45) is 0 Å². The van der Waals surface area contributed by atoms with Crippen molar-refractivity contribution in [1.82, 2.24) is 14.9 Å². The van der Waals surface area contributed by atoms with E-state index in [0.717, 1.165) is 24.2 Å². The molecule has 14 heteroatoms. The molecule has 2 aromatic rings. The van der Waals surface area contributed by atoms with Crippen molar-refractivity contribution in [3.63, 3.8) is 0 Å². The zero-order valence-electron chi connectivity index (χ0n) is 22.4. The molecule has 2 atom stereocenters. The average Bonchev–Trinajstić information content (AvgIpc) is 3.59. The maximum atomic E-state index is 13.8. The third-order valence-electron chi connectivity index (χ3n) is 6.91. The third-order valence-corrected chi connectivity index (χ3v) is 9.69. The van der Waals surface area contributed by atoms with Crippen LogP contribution in [0.5, 0.6) is 0 Å². The third kappa shape index (κ3) is 6.84. The first-order valence-corrected chi connectivity index (χ1v) is 15.7. The molecule has 1 aromatic carbocycles. The number of halogens is 1. The van der Waals surface area contributed by atoms with E-state index in [0.29, 0.717) is 53.2 Å². The Bertz CT molecular complexity index is 1350. The summed E-state index contributed by atoms with van der Waals surface area (Å²) in [7, 11) is -2.71. The van der Waals surface area contributed by atoms with Gasteiger partial charge in [0.25, 0.3) is 11.8 Å². The minimum absolute atomic E-state index is 0.0316. The summed E-state index contributed by atoms with van der Waals surface area (Å²) in [5.74, 6) is -1.18. The number of carbonyl (C=O) groups is 3. The van der Waals surface area contributed by atoms with Gasteiger partial charge in [-0.3, -0.25) is 14.4 Å². The molecule has 2 saturated heterocycles. The fourth-order valence-electron chi connectivity index (χ4n) is 5.03. The van der Waals surface area contributed by atoms with Crippen molar-refractivity contribution in [3.05, 3.63) is 45.1 Å².